The van der Waals surface area contributed by atoms with Crippen molar-refractivity contribution in [2.75, 3.05) is 10.6 Å². The maximum Gasteiger partial charge on any atom is 0.175 e. The maximum absolute atomic E-state index is 13.1. The first-order valence-corrected chi connectivity index (χ1v) is 7.99. The van der Waals surface area contributed by atoms with Crippen LogP contribution in [0.4, 0.5) is 15.8 Å². The van der Waals surface area contributed by atoms with Crippen molar-refractivity contribution >= 4 is 28.7 Å². The van der Waals surface area contributed by atoms with Crippen molar-refractivity contribution in [3.63, 3.8) is 0 Å². The molecule has 114 valence electrons. The number of halogens is 1. The van der Waals surface area contributed by atoms with E-state index in [1.807, 2.05) is 6.92 Å². The van der Waals surface area contributed by atoms with E-state index in [0.717, 1.165) is 29.8 Å². The number of fused-ring (bicyclic) bond motifs is 1. The van der Waals surface area contributed by atoms with Gasteiger partial charge in [-0.2, -0.15) is 0 Å². The van der Waals surface area contributed by atoms with Crippen molar-refractivity contribution in [1.29, 1.82) is 0 Å². The average Bonchev–Trinajstić information content (AvgIpc) is 2.50. The molecule has 0 heterocycles. The van der Waals surface area contributed by atoms with Gasteiger partial charge in [-0.05, 0) is 85.8 Å². The van der Waals surface area contributed by atoms with E-state index in [9.17, 15) is 4.39 Å². The molecule has 1 aliphatic carbocycles. The Labute approximate surface area is 135 Å². The second-order valence-corrected chi connectivity index (χ2v) is 6.10. The van der Waals surface area contributed by atoms with E-state index in [2.05, 4.69) is 28.8 Å². The van der Waals surface area contributed by atoms with Crippen LogP contribution in [0.15, 0.2) is 36.4 Å². The van der Waals surface area contributed by atoms with Crippen molar-refractivity contribution in [1.82, 2.24) is 0 Å². The highest BCUT2D eigenvalue weighted by atomic mass is 32.1. The van der Waals surface area contributed by atoms with Gasteiger partial charge in [-0.15, -0.1) is 0 Å². The third-order valence-electron chi connectivity index (χ3n) is 4.08. The second-order valence-electron chi connectivity index (χ2n) is 5.69. The van der Waals surface area contributed by atoms with E-state index < -0.39 is 0 Å². The molecule has 0 aromatic heterocycles. The molecule has 2 N–H and O–H groups in total. The number of hydrogen-bond acceptors (Lipinski definition) is 1. The molecule has 2 nitrogen and oxygen atoms in total. The molecular formula is C18H19FN2S. The summed E-state index contributed by atoms with van der Waals surface area (Å²) in [5, 5.41) is 6.97. The number of aryl methyl sites for hydroxylation is 2. The Hall–Kier alpha value is -1.94. The monoisotopic (exact) mass is 314 g/mol. The van der Waals surface area contributed by atoms with E-state index in [4.69, 9.17) is 12.2 Å². The average molecular weight is 314 g/mol. The molecule has 0 amide bonds. The fourth-order valence-electron chi connectivity index (χ4n) is 2.94. The smallest absolute Gasteiger partial charge is 0.175 e. The van der Waals surface area contributed by atoms with Gasteiger partial charge in [0.15, 0.2) is 5.11 Å². The molecule has 0 unspecified atom stereocenters. The summed E-state index contributed by atoms with van der Waals surface area (Å²) in [6.45, 7) is 1.86. The lowest BCUT2D eigenvalue weighted by Crippen LogP contribution is -2.21. The molecule has 2 aromatic carbocycles. The van der Waals surface area contributed by atoms with E-state index in [1.165, 1.54) is 36.1 Å². The highest BCUT2D eigenvalue weighted by molar-refractivity contribution is 7.80. The lowest BCUT2D eigenvalue weighted by molar-refractivity contribution is 0.627. The number of rotatable bonds is 2. The van der Waals surface area contributed by atoms with Crippen LogP contribution in [0.5, 0.6) is 0 Å². The summed E-state index contributed by atoms with van der Waals surface area (Å²) in [5.74, 6) is -0.237. The Balaban J connectivity index is 1.75. The minimum absolute atomic E-state index is 0.237. The molecule has 2 aromatic rings. The third-order valence-corrected chi connectivity index (χ3v) is 4.28. The molecule has 0 fully saturated rings. The van der Waals surface area contributed by atoms with Crippen molar-refractivity contribution in [2.45, 2.75) is 32.6 Å². The van der Waals surface area contributed by atoms with Crippen molar-refractivity contribution in [2.24, 2.45) is 0 Å². The van der Waals surface area contributed by atoms with E-state index in [-0.39, 0.29) is 5.82 Å². The Morgan fingerprint density at radius 3 is 2.64 bits per heavy atom. The van der Waals surface area contributed by atoms with Gasteiger partial charge in [-0.25, -0.2) is 4.39 Å². The zero-order valence-corrected chi connectivity index (χ0v) is 13.4. The molecule has 0 radical (unpaired) electrons. The summed E-state index contributed by atoms with van der Waals surface area (Å²) in [6.07, 6.45) is 4.72. The largest absolute Gasteiger partial charge is 0.332 e. The van der Waals surface area contributed by atoms with Crippen molar-refractivity contribution in [3.05, 3.63) is 58.9 Å². The molecule has 4 heteroatoms. The van der Waals surface area contributed by atoms with Crippen LogP contribution in [-0.2, 0) is 12.8 Å². The van der Waals surface area contributed by atoms with Crippen molar-refractivity contribution < 1.29 is 4.39 Å². The first kappa shape index (κ1) is 15.0. The predicted molar refractivity (Wildman–Crippen MR) is 94.1 cm³/mol. The van der Waals surface area contributed by atoms with Crippen molar-refractivity contribution in [3.8, 4) is 0 Å². The summed E-state index contributed by atoms with van der Waals surface area (Å²) in [4.78, 5) is 0. The van der Waals surface area contributed by atoms with Crippen LogP contribution in [-0.4, -0.2) is 5.11 Å². The lowest BCUT2D eigenvalue weighted by atomic mass is 9.90. The second kappa shape index (κ2) is 6.44. The topological polar surface area (TPSA) is 24.1 Å². The van der Waals surface area contributed by atoms with Gasteiger partial charge in [0.1, 0.15) is 5.82 Å². The molecule has 0 saturated heterocycles. The SMILES string of the molecule is Cc1cc(F)ccc1NC(=S)Nc1cccc2c1CCCC2. The summed E-state index contributed by atoms with van der Waals surface area (Å²) in [6, 6.07) is 11.0. The first-order valence-electron chi connectivity index (χ1n) is 7.58. The Kier molecular flexibility index (Phi) is 4.39. The molecule has 1 aliphatic rings. The van der Waals surface area contributed by atoms with Crippen LogP contribution < -0.4 is 10.6 Å². The molecule has 0 bridgehead atoms. The van der Waals surface area contributed by atoms with Gasteiger partial charge in [-0.3, -0.25) is 0 Å². The molecule has 0 saturated carbocycles. The van der Waals surface area contributed by atoms with Crippen LogP contribution >= 0.6 is 12.2 Å². The predicted octanol–water partition coefficient (Wildman–Crippen LogP) is 4.82. The summed E-state index contributed by atoms with van der Waals surface area (Å²) < 4.78 is 13.1. The fourth-order valence-corrected chi connectivity index (χ4v) is 3.16. The van der Waals surface area contributed by atoms with Gasteiger partial charge < -0.3 is 10.6 Å². The summed E-state index contributed by atoms with van der Waals surface area (Å²) >= 11 is 5.40. The molecular weight excluding hydrogens is 295 g/mol. The van der Waals surface area contributed by atoms with Crippen LogP contribution in [0.2, 0.25) is 0 Å². The molecule has 0 atom stereocenters. The highest BCUT2D eigenvalue weighted by Crippen LogP contribution is 2.28. The molecule has 3 rings (SSSR count). The van der Waals surface area contributed by atoms with Gasteiger partial charge in [0.05, 0.1) is 0 Å². The zero-order valence-electron chi connectivity index (χ0n) is 12.6. The van der Waals surface area contributed by atoms with Gasteiger partial charge in [-0.1, -0.05) is 12.1 Å². The van der Waals surface area contributed by atoms with Gasteiger partial charge in [0.2, 0.25) is 0 Å². The Morgan fingerprint density at radius 1 is 1.05 bits per heavy atom. The van der Waals surface area contributed by atoms with Crippen LogP contribution in [0.1, 0.15) is 29.5 Å². The van der Waals surface area contributed by atoms with E-state index in [0.29, 0.717) is 5.11 Å². The van der Waals surface area contributed by atoms with Crippen LogP contribution in [0, 0.1) is 12.7 Å². The maximum atomic E-state index is 13.1. The lowest BCUT2D eigenvalue weighted by Gasteiger charge is -2.21. The number of thiocarbonyl (C=S) groups is 1. The number of nitrogens with one attached hydrogen (secondary N) is 2. The summed E-state index contributed by atoms with van der Waals surface area (Å²) in [7, 11) is 0. The normalized spacial score (nSPS) is 13.4. The standard InChI is InChI=1S/C18H19FN2S/c1-12-11-14(19)9-10-16(12)20-18(22)21-17-8-4-6-13-5-2-3-7-15(13)17/h4,6,8-11H,2-3,5,7H2,1H3,(H2,20,21,22). The number of anilines is 2. The first-order chi connectivity index (χ1) is 10.6. The third kappa shape index (κ3) is 3.28. The number of benzene rings is 2. The highest BCUT2D eigenvalue weighted by Gasteiger charge is 2.13. The van der Waals surface area contributed by atoms with Gasteiger partial charge in [0, 0.05) is 11.4 Å². The van der Waals surface area contributed by atoms with E-state index >= 15 is 0 Å². The van der Waals surface area contributed by atoms with E-state index in [1.54, 1.807) is 6.07 Å². The Bertz CT molecular complexity index is 712. The molecule has 0 aliphatic heterocycles. The van der Waals surface area contributed by atoms with Gasteiger partial charge in [0.25, 0.3) is 0 Å². The molecule has 22 heavy (non-hydrogen) atoms. The minimum Gasteiger partial charge on any atom is -0.332 e. The minimum atomic E-state index is -0.237. The quantitative estimate of drug-likeness (QED) is 0.777. The molecule has 0 spiro atoms. The summed E-state index contributed by atoms with van der Waals surface area (Å²) in [5.41, 5.74) is 5.52. The van der Waals surface area contributed by atoms with Crippen LogP contribution in [0.25, 0.3) is 0 Å². The van der Waals surface area contributed by atoms with Gasteiger partial charge >= 0.3 is 0 Å². The Morgan fingerprint density at radius 2 is 1.82 bits per heavy atom. The number of hydrogen-bond donors (Lipinski definition) is 2. The van der Waals surface area contributed by atoms with Crippen LogP contribution in [0.3, 0.4) is 0 Å². The zero-order chi connectivity index (χ0) is 15.5. The fraction of sp³-hybridized carbons (Fsp3) is 0.278.